The van der Waals surface area contributed by atoms with E-state index in [0.717, 1.165) is 18.2 Å². The summed E-state index contributed by atoms with van der Waals surface area (Å²) in [6.45, 7) is 13.5. The molecule has 32 heteroatoms. The van der Waals surface area contributed by atoms with Gasteiger partial charge in [-0.15, -0.1) is 46.8 Å². The Morgan fingerprint density at radius 2 is 0.949 bits per heavy atom. The van der Waals surface area contributed by atoms with Crippen molar-refractivity contribution in [1.82, 2.24) is 0 Å². The van der Waals surface area contributed by atoms with Crippen LogP contribution in [0, 0.1) is 6.92 Å². The van der Waals surface area contributed by atoms with Crippen LogP contribution in [-0.2, 0) is 70.5 Å². The summed E-state index contributed by atoms with van der Waals surface area (Å²) in [5.74, 6) is -4.93. The predicted molar refractivity (Wildman–Crippen MR) is 302 cm³/mol. The van der Waals surface area contributed by atoms with Gasteiger partial charge in [0.2, 0.25) is 11.8 Å². The highest BCUT2D eigenvalue weighted by Gasteiger charge is 2.29. The third kappa shape index (κ3) is 16.6. The zero-order chi connectivity index (χ0) is 57.7. The second-order valence-corrected chi connectivity index (χ2v) is 21.4. The number of halogens is 2. The number of hydrogen-bond acceptors (Lipinski definition) is 20. The van der Waals surface area contributed by atoms with Crippen molar-refractivity contribution < 1.29 is 85.0 Å². The van der Waals surface area contributed by atoms with E-state index >= 15 is 0 Å². The molecular formula is C47H52Cl2N6O19S5. The Morgan fingerprint density at radius 1 is 0.570 bits per heavy atom. The number of carbonyl (C=O) groups excluding carboxylic acids is 2. The number of aromatic hydroxyl groups is 2. The molecule has 0 radical (unpaired) electrons. The van der Waals surface area contributed by atoms with Crippen LogP contribution in [0.25, 0.3) is 32.7 Å². The van der Waals surface area contributed by atoms with Gasteiger partial charge < -0.3 is 30.3 Å². The number of ether oxygens (including phenoxy) is 2. The molecule has 0 aliphatic heterocycles. The van der Waals surface area contributed by atoms with Crippen LogP contribution in [0.1, 0.15) is 20.4 Å². The first kappa shape index (κ1) is 68.3. The molecule has 25 nitrogen and oxygen atoms in total. The number of alkyl halides is 2. The van der Waals surface area contributed by atoms with Gasteiger partial charge in [0, 0.05) is 21.5 Å². The van der Waals surface area contributed by atoms with E-state index < -0.39 is 136 Å². The number of aryl methyl sites for hydroxylation is 1. The SMILES string of the molecule is C.C.C=C.C=C.COc1cc(-c2ccc(N=Nc3c(S(=O)(=O)O)cc4c(S(=O)(=O)O)c(NC(=O)CS(=O)OCCl)ccc4c3O)c(OC)c2)ccc1N=Nc1c(C)cc2c(S(=O)(=O)O)c(NC(=O)CS(=O)OCCl)ccc2c1O. The number of nitrogens with zero attached hydrogens (tertiary/aromatic N) is 4. The van der Waals surface area contributed by atoms with E-state index in [-0.39, 0.29) is 65.4 Å². The van der Waals surface area contributed by atoms with Crippen LogP contribution < -0.4 is 20.1 Å². The Kier molecular flexibility index (Phi) is 25.4. The molecule has 0 saturated heterocycles. The normalized spacial score (nSPS) is 12.3. The number of phenols is 2. The van der Waals surface area contributed by atoms with Gasteiger partial charge in [0.15, 0.2) is 33.7 Å². The highest BCUT2D eigenvalue weighted by atomic mass is 35.5. The molecule has 0 saturated carbocycles. The fourth-order valence-corrected chi connectivity index (χ4v) is 10.8. The first-order valence-corrected chi connectivity index (χ1v) is 28.7. The molecule has 0 aromatic heterocycles. The number of phenolic OH excluding ortho intramolecular Hbond substituents is 2. The average molecular weight is 1240 g/mol. The van der Waals surface area contributed by atoms with Crippen LogP contribution in [0.3, 0.4) is 0 Å². The Morgan fingerprint density at radius 3 is 1.32 bits per heavy atom. The third-order valence-corrected chi connectivity index (χ3v) is 15.0. The quantitative estimate of drug-likeness (QED) is 0.0162. The van der Waals surface area contributed by atoms with E-state index in [4.69, 9.17) is 32.7 Å². The summed E-state index contributed by atoms with van der Waals surface area (Å²) in [7, 11) is -13.1. The zero-order valence-corrected chi connectivity index (χ0v) is 45.7. The Bertz CT molecular complexity index is 3740. The molecule has 6 aromatic carbocycles. The predicted octanol–water partition coefficient (Wildman–Crippen LogP) is 10.5. The van der Waals surface area contributed by atoms with Crippen LogP contribution >= 0.6 is 23.2 Å². The molecule has 6 rings (SSSR count). The molecule has 0 heterocycles. The summed E-state index contributed by atoms with van der Waals surface area (Å²) in [5, 5.41) is 41.8. The summed E-state index contributed by atoms with van der Waals surface area (Å²) in [6, 6.07) is 14.2. The second kappa shape index (κ2) is 29.4. The molecule has 0 spiro atoms. The Hall–Kier alpha value is -6.81. The molecule has 0 bridgehead atoms. The number of hydrogen-bond donors (Lipinski definition) is 7. The lowest BCUT2D eigenvalue weighted by molar-refractivity contribution is -0.114. The van der Waals surface area contributed by atoms with Gasteiger partial charge in [-0.2, -0.15) is 25.3 Å². The van der Waals surface area contributed by atoms with E-state index in [2.05, 4.69) is 65.8 Å². The van der Waals surface area contributed by atoms with Gasteiger partial charge in [-0.3, -0.25) is 31.6 Å². The van der Waals surface area contributed by atoms with Crippen molar-refractivity contribution in [3.8, 4) is 34.1 Å². The van der Waals surface area contributed by atoms with Gasteiger partial charge in [-0.25, -0.2) is 8.42 Å². The van der Waals surface area contributed by atoms with Gasteiger partial charge in [0.25, 0.3) is 30.4 Å². The molecular weight excluding hydrogens is 1180 g/mol. The highest BCUT2D eigenvalue weighted by Crippen LogP contribution is 2.47. The minimum Gasteiger partial charge on any atom is -0.505 e. The van der Waals surface area contributed by atoms with Crippen LogP contribution in [0.15, 0.2) is 134 Å². The molecule has 7 N–H and O–H groups in total. The fraction of sp³-hybridized carbons (Fsp3) is 0.191. The molecule has 0 aliphatic rings. The molecule has 79 heavy (non-hydrogen) atoms. The Labute approximate surface area is 469 Å². The number of fused-ring (bicyclic) bond motifs is 2. The highest BCUT2D eigenvalue weighted by molar-refractivity contribution is 7.87. The number of carbonyl (C=O) groups is 2. The first-order valence-electron chi connectivity index (χ1n) is 20.8. The van der Waals surface area contributed by atoms with Crippen molar-refractivity contribution in [3.63, 3.8) is 0 Å². The molecule has 6 aromatic rings. The van der Waals surface area contributed by atoms with Gasteiger partial charge in [0.05, 0.1) is 25.6 Å². The average Bonchev–Trinajstić information content (AvgIpc) is 3.37. The largest absolute Gasteiger partial charge is 0.505 e. The Balaban J connectivity index is 0.00000347. The maximum absolute atomic E-state index is 12.7. The molecule has 0 aliphatic carbocycles. The van der Waals surface area contributed by atoms with E-state index in [1.54, 1.807) is 12.1 Å². The summed E-state index contributed by atoms with van der Waals surface area (Å²) >= 11 is 6.32. The summed E-state index contributed by atoms with van der Waals surface area (Å²) in [5.41, 5.74) is -0.747. The van der Waals surface area contributed by atoms with Crippen LogP contribution in [-0.4, -0.2) is 107 Å². The number of azo groups is 2. The lowest BCUT2D eigenvalue weighted by Crippen LogP contribution is -2.21. The minimum atomic E-state index is -5.36. The fourth-order valence-electron chi connectivity index (χ4n) is 6.97. The summed E-state index contributed by atoms with van der Waals surface area (Å²) < 4.78 is 150. The van der Waals surface area contributed by atoms with Crippen LogP contribution in [0.4, 0.5) is 34.1 Å². The van der Waals surface area contributed by atoms with Crippen molar-refractivity contribution in [2.45, 2.75) is 36.5 Å². The number of nitrogens with one attached hydrogen (secondary N) is 2. The number of rotatable bonds is 20. The number of amides is 2. The van der Waals surface area contributed by atoms with E-state index in [0.29, 0.717) is 17.2 Å². The summed E-state index contributed by atoms with van der Waals surface area (Å²) in [6.07, 6.45) is 0. The van der Waals surface area contributed by atoms with Crippen molar-refractivity contribution in [2.24, 2.45) is 20.5 Å². The third-order valence-electron chi connectivity index (χ3n) is 9.99. The van der Waals surface area contributed by atoms with E-state index in [9.17, 15) is 67.1 Å². The van der Waals surface area contributed by atoms with Crippen LogP contribution in [0.2, 0.25) is 0 Å². The van der Waals surface area contributed by atoms with E-state index in [1.807, 2.05) is 0 Å². The first-order chi connectivity index (χ1) is 36.3. The second-order valence-electron chi connectivity index (χ2n) is 14.6. The molecule has 2 atom stereocenters. The van der Waals surface area contributed by atoms with E-state index in [1.165, 1.54) is 57.5 Å². The molecule has 2 amide bonds. The van der Waals surface area contributed by atoms with Crippen molar-refractivity contribution in [2.75, 3.05) is 48.5 Å². The minimum absolute atomic E-state index is 0. The van der Waals surface area contributed by atoms with Crippen molar-refractivity contribution in [3.05, 3.63) is 105 Å². The van der Waals surface area contributed by atoms with Gasteiger partial charge in [-0.1, -0.05) is 50.2 Å². The molecule has 0 fully saturated rings. The molecule has 428 valence electrons. The van der Waals surface area contributed by atoms with Crippen molar-refractivity contribution in [1.29, 1.82) is 0 Å². The lowest BCUT2D eigenvalue weighted by Gasteiger charge is -2.15. The maximum atomic E-state index is 12.7. The van der Waals surface area contributed by atoms with Gasteiger partial charge in [0.1, 0.15) is 72.6 Å². The number of anilines is 2. The summed E-state index contributed by atoms with van der Waals surface area (Å²) in [4.78, 5) is 21.9. The zero-order valence-electron chi connectivity index (χ0n) is 40.1. The van der Waals surface area contributed by atoms with Gasteiger partial charge >= 0.3 is 0 Å². The lowest BCUT2D eigenvalue weighted by atomic mass is 10.0. The number of methoxy groups -OCH3 is 2. The maximum Gasteiger partial charge on any atom is 0.297 e. The molecule has 2 unspecified atom stereocenters. The van der Waals surface area contributed by atoms with Crippen LogP contribution in [0.5, 0.6) is 23.0 Å². The van der Waals surface area contributed by atoms with Gasteiger partial charge in [-0.05, 0) is 84.3 Å². The van der Waals surface area contributed by atoms with Crippen molar-refractivity contribution >= 4 is 143 Å². The number of benzene rings is 6. The smallest absolute Gasteiger partial charge is 0.297 e. The monoisotopic (exact) mass is 1230 g/mol. The topological polar surface area (TPSA) is 382 Å². The standard InChI is InChI=1S/C41H36Cl2N6O19S5.2C2H4.2CH4/c1-20-12-25-23(6-10-29(40(25)72(59,60)61)44-34(50)16-69(54)67-18-42)38(52)36(20)48-46-27-8-4-21(13-31(27)65-2)22-5-9-28(32(14-22)66-3)47-49-37-33(71(56,57)58)15-26-24(39(37)53)7-11-30(41(26)73(62,63)64)45-35(51)17-70(55)68-19-43;2*1-2;;/h4-15,52-53H,16-19H2,1-3H3,(H,44,50)(H,45,51)(H,56,57,58)(H,59,60,61)(H,62,63,64);2*1-2H2;2*1H4.